The molecular formula is C20H31N3O5. The highest BCUT2D eigenvalue weighted by Crippen LogP contribution is 2.43. The molecule has 0 saturated carbocycles. The first kappa shape index (κ1) is 21.7. The van der Waals surface area contributed by atoms with Gasteiger partial charge in [0.25, 0.3) is 0 Å². The molecule has 1 aromatic carbocycles. The second-order valence-electron chi connectivity index (χ2n) is 6.70. The van der Waals surface area contributed by atoms with Crippen molar-refractivity contribution in [1.29, 1.82) is 0 Å². The van der Waals surface area contributed by atoms with Crippen LogP contribution in [0, 0.1) is 5.92 Å². The van der Waals surface area contributed by atoms with Crippen molar-refractivity contribution in [2.75, 3.05) is 47.5 Å². The number of methoxy groups -OCH3 is 3. The Morgan fingerprint density at radius 2 is 1.68 bits per heavy atom. The second kappa shape index (κ2) is 10.1. The van der Waals surface area contributed by atoms with Gasteiger partial charge in [0.2, 0.25) is 11.7 Å². The summed E-state index contributed by atoms with van der Waals surface area (Å²) in [4.78, 5) is 26.8. The summed E-state index contributed by atoms with van der Waals surface area (Å²) in [6.45, 7) is 5.83. The van der Waals surface area contributed by atoms with Crippen LogP contribution in [0.4, 0.5) is 4.79 Å². The normalized spacial score (nSPS) is 18.5. The zero-order valence-corrected chi connectivity index (χ0v) is 17.3. The highest BCUT2D eigenvalue weighted by atomic mass is 16.5. The van der Waals surface area contributed by atoms with Crippen LogP contribution >= 0.6 is 0 Å². The van der Waals surface area contributed by atoms with Crippen LogP contribution in [0.15, 0.2) is 12.1 Å². The van der Waals surface area contributed by atoms with E-state index in [-0.39, 0.29) is 23.8 Å². The molecule has 0 aliphatic carbocycles. The Morgan fingerprint density at radius 1 is 1.04 bits per heavy atom. The van der Waals surface area contributed by atoms with Gasteiger partial charge in [-0.25, -0.2) is 4.79 Å². The third-order valence-corrected chi connectivity index (χ3v) is 4.94. The Morgan fingerprint density at radius 3 is 2.18 bits per heavy atom. The zero-order valence-electron chi connectivity index (χ0n) is 17.3. The fraction of sp³-hybridized carbons (Fsp3) is 0.600. The van der Waals surface area contributed by atoms with Gasteiger partial charge in [0.15, 0.2) is 11.5 Å². The lowest BCUT2D eigenvalue weighted by atomic mass is 9.88. The number of nitrogens with zero attached hydrogens (tertiary/aromatic N) is 1. The van der Waals surface area contributed by atoms with Crippen LogP contribution in [0.2, 0.25) is 0 Å². The van der Waals surface area contributed by atoms with Crippen LogP contribution in [0.25, 0.3) is 0 Å². The second-order valence-corrected chi connectivity index (χ2v) is 6.70. The topological polar surface area (TPSA) is 89.1 Å². The fourth-order valence-corrected chi connectivity index (χ4v) is 3.53. The van der Waals surface area contributed by atoms with Crippen molar-refractivity contribution >= 4 is 11.9 Å². The summed E-state index contributed by atoms with van der Waals surface area (Å²) in [7, 11) is 4.66. The van der Waals surface area contributed by atoms with Crippen molar-refractivity contribution in [1.82, 2.24) is 15.5 Å². The number of carbonyl (C=O) groups excluding carboxylic acids is 2. The number of amides is 3. The van der Waals surface area contributed by atoms with Crippen molar-refractivity contribution < 1.29 is 23.8 Å². The number of nitrogens with one attached hydrogen (secondary N) is 2. The van der Waals surface area contributed by atoms with Crippen molar-refractivity contribution in [2.45, 2.75) is 26.2 Å². The molecule has 156 valence electrons. The van der Waals surface area contributed by atoms with Gasteiger partial charge in [-0.15, -0.1) is 0 Å². The third kappa shape index (κ3) is 4.61. The van der Waals surface area contributed by atoms with Crippen LogP contribution in [-0.4, -0.2) is 64.3 Å². The number of hydrogen-bond donors (Lipinski definition) is 2. The number of rotatable bonds is 8. The molecule has 1 heterocycles. The summed E-state index contributed by atoms with van der Waals surface area (Å²) in [6.07, 6.45) is 0.855. The van der Waals surface area contributed by atoms with E-state index in [2.05, 4.69) is 10.6 Å². The molecule has 0 bridgehead atoms. The van der Waals surface area contributed by atoms with Crippen molar-refractivity contribution in [3.8, 4) is 17.2 Å². The summed E-state index contributed by atoms with van der Waals surface area (Å²) in [6, 6.07) is 3.55. The van der Waals surface area contributed by atoms with Crippen LogP contribution < -0.4 is 24.8 Å². The molecule has 1 aromatic rings. The van der Waals surface area contributed by atoms with Crippen LogP contribution in [0.3, 0.4) is 0 Å². The predicted octanol–water partition coefficient (Wildman–Crippen LogP) is 1.98. The SMILES string of the molecule is CCCNC(=O)C1CN(C(=O)NCC)CC1c1cc(OC)c(OC)c(OC)c1. The van der Waals surface area contributed by atoms with Crippen molar-refractivity contribution in [2.24, 2.45) is 5.92 Å². The molecule has 8 nitrogen and oxygen atoms in total. The van der Waals surface area contributed by atoms with Gasteiger partial charge in [0, 0.05) is 32.1 Å². The summed E-state index contributed by atoms with van der Waals surface area (Å²) in [5.41, 5.74) is 0.873. The Labute approximate surface area is 166 Å². The van der Waals surface area contributed by atoms with E-state index in [4.69, 9.17) is 14.2 Å². The number of carbonyl (C=O) groups is 2. The first-order valence-electron chi connectivity index (χ1n) is 9.60. The number of urea groups is 1. The predicted molar refractivity (Wildman–Crippen MR) is 106 cm³/mol. The summed E-state index contributed by atoms with van der Waals surface area (Å²) < 4.78 is 16.3. The summed E-state index contributed by atoms with van der Waals surface area (Å²) in [5, 5.41) is 5.77. The van der Waals surface area contributed by atoms with Crippen molar-refractivity contribution in [3.63, 3.8) is 0 Å². The smallest absolute Gasteiger partial charge is 0.317 e. The van der Waals surface area contributed by atoms with E-state index >= 15 is 0 Å². The van der Waals surface area contributed by atoms with Gasteiger partial charge < -0.3 is 29.7 Å². The molecule has 2 unspecified atom stereocenters. The van der Waals surface area contributed by atoms with E-state index in [0.29, 0.717) is 43.4 Å². The van der Waals surface area contributed by atoms with E-state index in [9.17, 15) is 9.59 Å². The molecule has 28 heavy (non-hydrogen) atoms. The Balaban J connectivity index is 2.40. The molecule has 8 heteroatoms. The molecule has 3 amide bonds. The molecule has 2 atom stereocenters. The molecule has 1 aliphatic heterocycles. The lowest BCUT2D eigenvalue weighted by Gasteiger charge is -2.21. The first-order chi connectivity index (χ1) is 13.5. The van der Waals surface area contributed by atoms with Crippen LogP contribution in [-0.2, 0) is 4.79 Å². The average molecular weight is 393 g/mol. The minimum atomic E-state index is -0.350. The third-order valence-electron chi connectivity index (χ3n) is 4.94. The lowest BCUT2D eigenvalue weighted by Crippen LogP contribution is -2.40. The first-order valence-corrected chi connectivity index (χ1v) is 9.60. The Kier molecular flexibility index (Phi) is 7.78. The molecule has 1 aliphatic rings. The van der Waals surface area contributed by atoms with E-state index in [0.717, 1.165) is 12.0 Å². The minimum Gasteiger partial charge on any atom is -0.493 e. The van der Waals surface area contributed by atoms with Crippen LogP contribution in [0.5, 0.6) is 17.2 Å². The maximum absolute atomic E-state index is 12.8. The molecule has 1 saturated heterocycles. The molecule has 2 N–H and O–H groups in total. The quantitative estimate of drug-likeness (QED) is 0.705. The zero-order chi connectivity index (χ0) is 20.7. The van der Waals surface area contributed by atoms with Crippen LogP contribution in [0.1, 0.15) is 31.7 Å². The van der Waals surface area contributed by atoms with E-state index < -0.39 is 0 Å². The number of hydrogen-bond acceptors (Lipinski definition) is 5. The molecule has 0 aromatic heterocycles. The van der Waals surface area contributed by atoms with E-state index in [1.165, 1.54) is 0 Å². The molecule has 2 rings (SSSR count). The highest BCUT2D eigenvalue weighted by molar-refractivity contribution is 5.83. The molecule has 1 fully saturated rings. The van der Waals surface area contributed by atoms with Gasteiger partial charge in [-0.2, -0.15) is 0 Å². The maximum Gasteiger partial charge on any atom is 0.317 e. The van der Waals surface area contributed by atoms with E-state index in [1.54, 1.807) is 26.2 Å². The monoisotopic (exact) mass is 393 g/mol. The Hall–Kier alpha value is -2.64. The van der Waals surface area contributed by atoms with Crippen molar-refractivity contribution in [3.05, 3.63) is 17.7 Å². The number of benzene rings is 1. The Bertz CT molecular complexity index is 669. The van der Waals surface area contributed by atoms with E-state index in [1.807, 2.05) is 26.0 Å². The number of likely N-dealkylation sites (tertiary alicyclic amines) is 1. The average Bonchev–Trinajstić information content (AvgIpc) is 3.16. The van der Waals surface area contributed by atoms with Gasteiger partial charge in [-0.3, -0.25) is 4.79 Å². The summed E-state index contributed by atoms with van der Waals surface area (Å²) >= 11 is 0. The van der Waals surface area contributed by atoms with Gasteiger partial charge in [0.1, 0.15) is 0 Å². The largest absolute Gasteiger partial charge is 0.493 e. The minimum absolute atomic E-state index is 0.0487. The maximum atomic E-state index is 12.8. The summed E-state index contributed by atoms with van der Waals surface area (Å²) in [5.74, 6) is 0.985. The fourth-order valence-electron chi connectivity index (χ4n) is 3.53. The lowest BCUT2D eigenvalue weighted by molar-refractivity contribution is -0.124. The number of ether oxygens (including phenoxy) is 3. The molecule has 0 radical (unpaired) electrons. The molecular weight excluding hydrogens is 362 g/mol. The molecule has 0 spiro atoms. The standard InChI is InChI=1S/C20H31N3O5/c1-6-8-22-19(24)15-12-23(20(25)21-7-2)11-14(15)13-9-16(26-3)18(28-5)17(10-13)27-4/h9-10,14-15H,6-8,11-12H2,1-5H3,(H,21,25)(H,22,24). The highest BCUT2D eigenvalue weighted by Gasteiger charge is 2.41. The van der Waals surface area contributed by atoms with Gasteiger partial charge >= 0.3 is 6.03 Å². The van der Waals surface area contributed by atoms with Gasteiger partial charge in [-0.05, 0) is 31.0 Å². The van der Waals surface area contributed by atoms with Gasteiger partial charge in [-0.1, -0.05) is 6.92 Å². The van der Waals surface area contributed by atoms with Gasteiger partial charge in [0.05, 0.1) is 27.2 Å².